The summed E-state index contributed by atoms with van der Waals surface area (Å²) in [6, 6.07) is 4.30. The molecule has 2 amide bonds. The highest BCUT2D eigenvalue weighted by Gasteiger charge is 2.15. The van der Waals surface area contributed by atoms with Crippen LogP contribution in [0, 0.1) is 5.82 Å². The molecule has 0 atom stereocenters. The predicted molar refractivity (Wildman–Crippen MR) is 71.3 cm³/mol. The molecule has 1 aromatic rings. The summed E-state index contributed by atoms with van der Waals surface area (Å²) >= 11 is 1.45. The first-order valence-corrected chi connectivity index (χ1v) is 6.78. The lowest BCUT2D eigenvalue weighted by Crippen LogP contribution is -2.36. The van der Waals surface area contributed by atoms with Crippen molar-refractivity contribution < 1.29 is 18.7 Å². The van der Waals surface area contributed by atoms with Crippen molar-refractivity contribution in [3.05, 3.63) is 29.6 Å². The van der Waals surface area contributed by atoms with Crippen LogP contribution in [-0.4, -0.2) is 42.9 Å². The van der Waals surface area contributed by atoms with E-state index in [2.05, 4.69) is 9.73 Å². The van der Waals surface area contributed by atoms with Gasteiger partial charge in [0.05, 0.1) is 18.8 Å². The number of hydrazine groups is 1. The molecule has 1 saturated heterocycles. The van der Waals surface area contributed by atoms with Crippen molar-refractivity contribution in [2.75, 3.05) is 26.3 Å². The summed E-state index contributed by atoms with van der Waals surface area (Å²) in [7, 11) is 0. The number of ether oxygens (including phenoxy) is 1. The van der Waals surface area contributed by atoms with Gasteiger partial charge in [-0.3, -0.25) is 20.4 Å². The van der Waals surface area contributed by atoms with Crippen LogP contribution >= 0.6 is 11.9 Å². The number of rotatable bonds is 5. The van der Waals surface area contributed by atoms with Gasteiger partial charge in [-0.2, -0.15) is 0 Å². The highest BCUT2D eigenvalue weighted by Crippen LogP contribution is 2.25. The van der Waals surface area contributed by atoms with E-state index in [-0.39, 0.29) is 5.56 Å². The van der Waals surface area contributed by atoms with E-state index in [9.17, 15) is 14.0 Å². The van der Waals surface area contributed by atoms with E-state index in [1.165, 1.54) is 24.1 Å². The number of carbonyl (C=O) groups is 2. The Hall–Kier alpha value is -1.64. The minimum Gasteiger partial charge on any atom is -0.379 e. The minimum absolute atomic E-state index is 0.113. The molecule has 8 heteroatoms. The van der Waals surface area contributed by atoms with Crippen LogP contribution in [0.25, 0.3) is 0 Å². The third-order valence-corrected chi connectivity index (χ3v) is 3.72. The van der Waals surface area contributed by atoms with Crippen LogP contribution in [-0.2, 0) is 9.53 Å². The Bertz CT molecular complexity index is 495. The van der Waals surface area contributed by atoms with Crippen molar-refractivity contribution in [2.24, 2.45) is 0 Å². The van der Waals surface area contributed by atoms with E-state index in [1.54, 1.807) is 6.07 Å². The quantitative estimate of drug-likeness (QED) is 0.472. The summed E-state index contributed by atoms with van der Waals surface area (Å²) in [4.78, 5) is 22.5. The van der Waals surface area contributed by atoms with Gasteiger partial charge in [0.1, 0.15) is 5.82 Å². The fourth-order valence-electron chi connectivity index (χ4n) is 1.68. The number of nitrogens with zero attached hydrogens (tertiary/aromatic N) is 1. The van der Waals surface area contributed by atoms with Gasteiger partial charge in [-0.25, -0.2) is 8.70 Å². The molecule has 0 spiro atoms. The predicted octanol–water partition coefficient (Wildman–Crippen LogP) is 0.556. The lowest BCUT2D eigenvalue weighted by molar-refractivity contribution is -0.110. The molecule has 1 aliphatic rings. The first-order valence-electron chi connectivity index (χ1n) is 6.00. The Kier molecular flexibility index (Phi) is 5.33. The second-order valence-electron chi connectivity index (χ2n) is 3.99. The number of morpholine rings is 1. The molecular weight excluding hydrogens is 285 g/mol. The number of benzene rings is 1. The fraction of sp³-hybridized carbons (Fsp3) is 0.333. The summed E-state index contributed by atoms with van der Waals surface area (Å²) in [5.41, 5.74) is 3.96. The second-order valence-corrected chi connectivity index (χ2v) is 5.16. The molecule has 2 rings (SSSR count). The van der Waals surface area contributed by atoms with Gasteiger partial charge in [0.15, 0.2) is 0 Å². The highest BCUT2D eigenvalue weighted by atomic mass is 32.2. The molecule has 6 nitrogen and oxygen atoms in total. The average molecular weight is 299 g/mol. The normalized spacial score (nSPS) is 15.7. The fourth-order valence-corrected chi connectivity index (χ4v) is 2.61. The van der Waals surface area contributed by atoms with Crippen LogP contribution in [0.1, 0.15) is 10.4 Å². The van der Waals surface area contributed by atoms with Gasteiger partial charge in [-0.05, 0) is 30.1 Å². The number of nitrogens with one attached hydrogen (secondary N) is 2. The molecule has 0 saturated carbocycles. The Balaban J connectivity index is 2.06. The van der Waals surface area contributed by atoms with Gasteiger partial charge in [-0.15, -0.1) is 0 Å². The van der Waals surface area contributed by atoms with Gasteiger partial charge >= 0.3 is 0 Å². The van der Waals surface area contributed by atoms with E-state index in [1.807, 2.05) is 5.43 Å². The summed E-state index contributed by atoms with van der Waals surface area (Å²) in [5, 5.41) is 0. The summed E-state index contributed by atoms with van der Waals surface area (Å²) < 4.78 is 20.9. The van der Waals surface area contributed by atoms with Gasteiger partial charge < -0.3 is 4.74 Å². The van der Waals surface area contributed by atoms with Gasteiger partial charge in [0.2, 0.25) is 6.41 Å². The van der Waals surface area contributed by atoms with Crippen LogP contribution in [0.4, 0.5) is 4.39 Å². The Morgan fingerprint density at radius 3 is 2.85 bits per heavy atom. The van der Waals surface area contributed by atoms with Gasteiger partial charge in [-0.1, -0.05) is 0 Å². The average Bonchev–Trinajstić information content (AvgIpc) is 2.48. The molecule has 0 radical (unpaired) electrons. The molecule has 20 heavy (non-hydrogen) atoms. The van der Waals surface area contributed by atoms with Crippen LogP contribution in [0.2, 0.25) is 0 Å². The lowest BCUT2D eigenvalue weighted by Gasteiger charge is -2.25. The van der Waals surface area contributed by atoms with Crippen molar-refractivity contribution in [1.29, 1.82) is 0 Å². The van der Waals surface area contributed by atoms with Crippen molar-refractivity contribution in [1.82, 2.24) is 15.2 Å². The molecule has 2 N–H and O–H groups in total. The van der Waals surface area contributed by atoms with Crippen LogP contribution in [0.3, 0.4) is 0 Å². The molecule has 0 bridgehead atoms. The lowest BCUT2D eigenvalue weighted by atomic mass is 10.2. The van der Waals surface area contributed by atoms with Gasteiger partial charge in [0, 0.05) is 18.0 Å². The molecule has 1 fully saturated rings. The summed E-state index contributed by atoms with van der Waals surface area (Å²) in [5.74, 6) is -1.33. The van der Waals surface area contributed by atoms with E-state index in [0.717, 1.165) is 18.0 Å². The monoisotopic (exact) mass is 299 g/mol. The maximum absolute atomic E-state index is 13.6. The maximum Gasteiger partial charge on any atom is 0.272 e. The summed E-state index contributed by atoms with van der Waals surface area (Å²) in [6.07, 6.45) is 0.308. The SMILES string of the molecule is O=CNNC(=O)c1cc(SN2CCOCC2)ccc1F. The number of halogens is 1. The molecular formula is C12H14FN3O3S. The zero-order valence-electron chi connectivity index (χ0n) is 10.6. The van der Waals surface area contributed by atoms with Gasteiger partial charge in [0.25, 0.3) is 5.91 Å². The van der Waals surface area contributed by atoms with Crippen molar-refractivity contribution >= 4 is 24.3 Å². The molecule has 1 heterocycles. The van der Waals surface area contributed by atoms with E-state index < -0.39 is 11.7 Å². The first kappa shape index (κ1) is 14.8. The Morgan fingerprint density at radius 2 is 2.15 bits per heavy atom. The molecule has 108 valence electrons. The van der Waals surface area contributed by atoms with E-state index in [4.69, 9.17) is 4.74 Å². The topological polar surface area (TPSA) is 70.7 Å². The maximum atomic E-state index is 13.6. The molecule has 0 aliphatic carbocycles. The number of hydrogen-bond acceptors (Lipinski definition) is 5. The van der Waals surface area contributed by atoms with Crippen LogP contribution in [0.5, 0.6) is 0 Å². The Morgan fingerprint density at radius 1 is 1.40 bits per heavy atom. The minimum atomic E-state index is -0.695. The van der Waals surface area contributed by atoms with Crippen molar-refractivity contribution in [3.8, 4) is 0 Å². The Labute approximate surface area is 119 Å². The first-order chi connectivity index (χ1) is 9.70. The third kappa shape index (κ3) is 3.92. The number of amides is 2. The molecule has 1 aliphatic heterocycles. The van der Waals surface area contributed by atoms with Crippen molar-refractivity contribution in [2.45, 2.75) is 4.90 Å². The molecule has 1 aromatic carbocycles. The van der Waals surface area contributed by atoms with E-state index >= 15 is 0 Å². The largest absolute Gasteiger partial charge is 0.379 e. The molecule has 0 unspecified atom stereocenters. The van der Waals surface area contributed by atoms with E-state index in [0.29, 0.717) is 19.6 Å². The summed E-state index contributed by atoms with van der Waals surface area (Å²) in [6.45, 7) is 2.86. The molecule has 0 aromatic heterocycles. The number of hydrogen-bond donors (Lipinski definition) is 2. The van der Waals surface area contributed by atoms with Crippen LogP contribution in [0.15, 0.2) is 23.1 Å². The zero-order chi connectivity index (χ0) is 14.4. The number of carbonyl (C=O) groups excluding carboxylic acids is 2. The highest BCUT2D eigenvalue weighted by molar-refractivity contribution is 7.97. The van der Waals surface area contributed by atoms with Crippen molar-refractivity contribution in [3.63, 3.8) is 0 Å². The van der Waals surface area contributed by atoms with Crippen LogP contribution < -0.4 is 10.9 Å². The standard InChI is InChI=1S/C12H14FN3O3S/c13-11-2-1-9(20-16-3-5-19-6-4-16)7-10(11)12(18)15-14-8-17/h1-2,7-8H,3-6H2,(H,14,17)(H,15,18). The second kappa shape index (κ2) is 7.22. The zero-order valence-corrected chi connectivity index (χ0v) is 11.4. The third-order valence-electron chi connectivity index (χ3n) is 2.63. The smallest absolute Gasteiger partial charge is 0.272 e.